The third-order valence-corrected chi connectivity index (χ3v) is 2.99. The van der Waals surface area contributed by atoms with E-state index in [2.05, 4.69) is 0 Å². The molecule has 14 heavy (non-hydrogen) atoms. The van der Waals surface area contributed by atoms with Crippen molar-refractivity contribution in [3.63, 3.8) is 0 Å². The van der Waals surface area contributed by atoms with Crippen LogP contribution in [0.4, 0.5) is 0 Å². The Labute approximate surface area is 82.1 Å². The van der Waals surface area contributed by atoms with Crippen LogP contribution < -0.4 is 0 Å². The first kappa shape index (κ1) is 10.7. The molecule has 5 heteroatoms. The third kappa shape index (κ3) is 1.93. The van der Waals surface area contributed by atoms with Gasteiger partial charge in [-0.1, -0.05) is 12.1 Å². The smallest absolute Gasteiger partial charge is 0.337 e. The van der Waals surface area contributed by atoms with Crippen LogP contribution in [0, 0.1) is 6.92 Å². The van der Waals surface area contributed by atoms with Crippen LogP contribution in [-0.4, -0.2) is 25.7 Å². The van der Waals surface area contributed by atoms with Crippen molar-refractivity contribution < 1.29 is 18.3 Å². The molecule has 1 aromatic carbocycles. The zero-order valence-corrected chi connectivity index (χ0v) is 8.63. The highest BCUT2D eigenvalue weighted by molar-refractivity contribution is 7.90. The van der Waals surface area contributed by atoms with Gasteiger partial charge >= 0.3 is 5.97 Å². The number of hydrogen-bond donors (Lipinski definition) is 1. The van der Waals surface area contributed by atoms with Gasteiger partial charge < -0.3 is 5.11 Å². The molecule has 1 rings (SSSR count). The van der Waals surface area contributed by atoms with E-state index in [0.717, 1.165) is 6.26 Å². The number of carbonyl (C=O) groups is 1. The van der Waals surface area contributed by atoms with Crippen LogP contribution >= 0.6 is 0 Å². The van der Waals surface area contributed by atoms with E-state index in [0.29, 0.717) is 5.56 Å². The van der Waals surface area contributed by atoms with Gasteiger partial charge in [-0.3, -0.25) is 0 Å². The van der Waals surface area contributed by atoms with Crippen molar-refractivity contribution in [1.29, 1.82) is 0 Å². The quantitative estimate of drug-likeness (QED) is 0.800. The zero-order valence-electron chi connectivity index (χ0n) is 7.81. The van der Waals surface area contributed by atoms with E-state index in [-0.39, 0.29) is 10.5 Å². The van der Waals surface area contributed by atoms with Crippen LogP contribution in [0.2, 0.25) is 0 Å². The summed E-state index contributed by atoms with van der Waals surface area (Å²) in [6.45, 7) is 1.57. The molecule has 0 saturated carbocycles. The largest absolute Gasteiger partial charge is 0.478 e. The van der Waals surface area contributed by atoms with Gasteiger partial charge in [-0.05, 0) is 18.6 Å². The van der Waals surface area contributed by atoms with Crippen molar-refractivity contribution in [2.75, 3.05) is 6.26 Å². The second kappa shape index (κ2) is 3.42. The van der Waals surface area contributed by atoms with E-state index >= 15 is 0 Å². The summed E-state index contributed by atoms with van der Waals surface area (Å²) in [5.74, 6) is -1.22. The number of carboxylic acids is 1. The molecule has 4 nitrogen and oxygen atoms in total. The lowest BCUT2D eigenvalue weighted by Gasteiger charge is -2.06. The molecule has 0 bridgehead atoms. The topological polar surface area (TPSA) is 71.4 Å². The highest BCUT2D eigenvalue weighted by Gasteiger charge is 2.19. The average molecular weight is 214 g/mol. The molecule has 1 aromatic rings. The zero-order chi connectivity index (χ0) is 10.9. The fourth-order valence-electron chi connectivity index (χ4n) is 1.22. The van der Waals surface area contributed by atoms with Gasteiger partial charge in [0.15, 0.2) is 9.84 Å². The third-order valence-electron chi connectivity index (χ3n) is 1.85. The molecular weight excluding hydrogens is 204 g/mol. The highest BCUT2D eigenvalue weighted by atomic mass is 32.2. The van der Waals surface area contributed by atoms with Gasteiger partial charge in [-0.2, -0.15) is 0 Å². The molecule has 0 aliphatic carbocycles. The maximum atomic E-state index is 11.2. The minimum absolute atomic E-state index is 0.134. The summed E-state index contributed by atoms with van der Waals surface area (Å²) in [4.78, 5) is 10.7. The van der Waals surface area contributed by atoms with E-state index in [1.54, 1.807) is 13.0 Å². The Morgan fingerprint density at radius 3 is 2.29 bits per heavy atom. The van der Waals surface area contributed by atoms with Crippen LogP contribution in [0.5, 0.6) is 0 Å². The fourth-order valence-corrected chi connectivity index (χ4v) is 2.17. The Balaban J connectivity index is 3.61. The average Bonchev–Trinajstić information content (AvgIpc) is 2.01. The Kier molecular flexibility index (Phi) is 2.62. The second-order valence-electron chi connectivity index (χ2n) is 3.03. The molecule has 1 N–H and O–H groups in total. The summed E-state index contributed by atoms with van der Waals surface area (Å²) in [6, 6.07) is 4.39. The minimum Gasteiger partial charge on any atom is -0.478 e. The standard InChI is InChI=1S/C9H10O4S/c1-6-4-3-5-7(14(2,12)13)8(6)9(10)11/h3-5H,1-2H3,(H,10,11). The number of aromatic carboxylic acids is 1. The summed E-state index contributed by atoms with van der Waals surface area (Å²) in [5, 5.41) is 8.85. The van der Waals surface area contributed by atoms with Gasteiger partial charge in [0.2, 0.25) is 0 Å². The van der Waals surface area contributed by atoms with Gasteiger partial charge in [0, 0.05) is 6.26 Å². The molecule has 0 atom stereocenters. The van der Waals surface area contributed by atoms with Crippen molar-refractivity contribution in [3.8, 4) is 0 Å². The van der Waals surface area contributed by atoms with Crippen LogP contribution in [-0.2, 0) is 9.84 Å². The number of rotatable bonds is 2. The van der Waals surface area contributed by atoms with Gasteiger partial charge in [0.05, 0.1) is 10.5 Å². The summed E-state index contributed by atoms with van der Waals surface area (Å²) < 4.78 is 22.5. The van der Waals surface area contributed by atoms with E-state index in [1.165, 1.54) is 12.1 Å². The lowest BCUT2D eigenvalue weighted by molar-refractivity contribution is 0.0692. The summed E-state index contributed by atoms with van der Waals surface area (Å²) in [6.07, 6.45) is 0.994. The predicted octanol–water partition coefficient (Wildman–Crippen LogP) is 1.10. The second-order valence-corrected chi connectivity index (χ2v) is 5.01. The molecular formula is C9H10O4S. The molecule has 0 heterocycles. The molecule has 0 spiro atoms. The first-order valence-electron chi connectivity index (χ1n) is 3.87. The number of benzene rings is 1. The summed E-state index contributed by atoms with van der Waals surface area (Å²) >= 11 is 0. The number of sulfone groups is 1. The summed E-state index contributed by atoms with van der Waals surface area (Å²) in [7, 11) is -3.48. The minimum atomic E-state index is -3.48. The van der Waals surface area contributed by atoms with E-state index in [1.807, 2.05) is 0 Å². The summed E-state index contributed by atoms with van der Waals surface area (Å²) in [5.41, 5.74) is 0.301. The molecule has 0 saturated heterocycles. The van der Waals surface area contributed by atoms with Gasteiger partial charge in [-0.15, -0.1) is 0 Å². The van der Waals surface area contributed by atoms with E-state index in [4.69, 9.17) is 5.11 Å². The molecule has 0 aliphatic heterocycles. The van der Waals surface area contributed by atoms with Gasteiger partial charge in [-0.25, -0.2) is 13.2 Å². The molecule has 0 radical (unpaired) electrons. The SMILES string of the molecule is Cc1cccc(S(C)(=O)=O)c1C(=O)O. The first-order valence-corrected chi connectivity index (χ1v) is 5.76. The Bertz CT molecular complexity index is 474. The van der Waals surface area contributed by atoms with Crippen LogP contribution in [0.25, 0.3) is 0 Å². The van der Waals surface area contributed by atoms with E-state index in [9.17, 15) is 13.2 Å². The van der Waals surface area contributed by atoms with Gasteiger partial charge in [0.25, 0.3) is 0 Å². The van der Waals surface area contributed by atoms with Crippen LogP contribution in [0.15, 0.2) is 23.1 Å². The number of aryl methyl sites for hydroxylation is 1. The van der Waals surface area contributed by atoms with Crippen molar-refractivity contribution in [2.45, 2.75) is 11.8 Å². The fraction of sp³-hybridized carbons (Fsp3) is 0.222. The molecule has 0 fully saturated rings. The normalized spacial score (nSPS) is 11.3. The number of carboxylic acid groups (broad SMARTS) is 1. The Hall–Kier alpha value is -1.36. The Morgan fingerprint density at radius 2 is 1.93 bits per heavy atom. The van der Waals surface area contributed by atoms with Crippen molar-refractivity contribution >= 4 is 15.8 Å². The number of hydrogen-bond acceptors (Lipinski definition) is 3. The van der Waals surface area contributed by atoms with Gasteiger partial charge in [0.1, 0.15) is 0 Å². The predicted molar refractivity (Wildman–Crippen MR) is 51.2 cm³/mol. The highest BCUT2D eigenvalue weighted by Crippen LogP contribution is 2.18. The van der Waals surface area contributed by atoms with Crippen molar-refractivity contribution in [1.82, 2.24) is 0 Å². The lowest BCUT2D eigenvalue weighted by atomic mass is 10.1. The first-order chi connectivity index (χ1) is 6.34. The van der Waals surface area contributed by atoms with Crippen LogP contribution in [0.1, 0.15) is 15.9 Å². The van der Waals surface area contributed by atoms with Crippen molar-refractivity contribution in [3.05, 3.63) is 29.3 Å². The molecule has 0 amide bonds. The van der Waals surface area contributed by atoms with E-state index < -0.39 is 15.8 Å². The Morgan fingerprint density at radius 1 is 1.36 bits per heavy atom. The lowest BCUT2D eigenvalue weighted by Crippen LogP contribution is -2.09. The molecule has 0 aliphatic rings. The molecule has 76 valence electrons. The molecule has 0 aromatic heterocycles. The van der Waals surface area contributed by atoms with Crippen molar-refractivity contribution in [2.24, 2.45) is 0 Å². The molecule has 0 unspecified atom stereocenters. The van der Waals surface area contributed by atoms with Crippen LogP contribution in [0.3, 0.4) is 0 Å². The monoisotopic (exact) mass is 214 g/mol. The maximum Gasteiger partial charge on any atom is 0.337 e. The maximum absolute atomic E-state index is 11.2.